The summed E-state index contributed by atoms with van der Waals surface area (Å²) in [5, 5.41) is 14.8. The number of nitrogens with zero attached hydrogens (tertiary/aromatic N) is 3. The average Bonchev–Trinajstić information content (AvgIpc) is 3.12. The maximum absolute atomic E-state index is 12.9. The molecule has 0 aliphatic carbocycles. The van der Waals surface area contributed by atoms with E-state index in [4.69, 9.17) is 0 Å². The minimum Gasteiger partial charge on any atom is -0.355 e. The maximum Gasteiger partial charge on any atom is 0.250 e. The van der Waals surface area contributed by atoms with Crippen molar-refractivity contribution in [2.24, 2.45) is 0 Å². The second-order valence-corrected chi connectivity index (χ2v) is 8.02. The number of amides is 1. The number of hydrogen-bond acceptors (Lipinski definition) is 7. The number of hydrogen-bond donors (Lipinski definition) is 5. The number of carbonyl (C=O) groups is 1. The number of aromatic nitrogens is 3. The quantitative estimate of drug-likeness (QED) is 0.195. The summed E-state index contributed by atoms with van der Waals surface area (Å²) in [6.45, 7) is 0. The SMILES string of the molecule is O=C(/C=C(/Nc1ccccc1)c1ccccc1S)Nc1cccc(-n2c(S)nnc2S)c1. The summed E-state index contributed by atoms with van der Waals surface area (Å²) in [6.07, 6.45) is 1.52. The van der Waals surface area contributed by atoms with Gasteiger partial charge in [0.1, 0.15) is 0 Å². The van der Waals surface area contributed by atoms with Crippen molar-refractivity contribution in [1.82, 2.24) is 14.8 Å². The molecular weight excluding hydrogens is 458 g/mol. The van der Waals surface area contributed by atoms with Crippen LogP contribution >= 0.6 is 37.9 Å². The lowest BCUT2D eigenvalue weighted by Gasteiger charge is -2.14. The van der Waals surface area contributed by atoms with Gasteiger partial charge in [0.2, 0.25) is 5.91 Å². The highest BCUT2D eigenvalue weighted by Gasteiger charge is 2.11. The molecule has 0 aliphatic rings. The largest absolute Gasteiger partial charge is 0.355 e. The molecule has 4 rings (SSSR count). The summed E-state index contributed by atoms with van der Waals surface area (Å²) in [5.41, 5.74) is 3.64. The molecule has 2 N–H and O–H groups in total. The Morgan fingerprint density at radius 3 is 2.16 bits per heavy atom. The van der Waals surface area contributed by atoms with Crippen molar-refractivity contribution < 1.29 is 4.79 Å². The van der Waals surface area contributed by atoms with Gasteiger partial charge >= 0.3 is 0 Å². The molecule has 1 heterocycles. The van der Waals surface area contributed by atoms with E-state index in [2.05, 4.69) is 58.7 Å². The van der Waals surface area contributed by atoms with Crippen molar-refractivity contribution in [3.8, 4) is 5.69 Å². The second-order valence-electron chi connectivity index (χ2n) is 6.74. The molecule has 1 amide bonds. The van der Waals surface area contributed by atoms with Gasteiger partial charge in [-0.15, -0.1) is 48.1 Å². The van der Waals surface area contributed by atoms with Crippen molar-refractivity contribution in [1.29, 1.82) is 0 Å². The Hall–Kier alpha value is -3.14. The first-order chi connectivity index (χ1) is 15.5. The minimum absolute atomic E-state index is 0.293. The summed E-state index contributed by atoms with van der Waals surface area (Å²) in [4.78, 5) is 13.7. The third kappa shape index (κ3) is 5.18. The average molecular weight is 478 g/mol. The van der Waals surface area contributed by atoms with Crippen molar-refractivity contribution in [3.05, 3.63) is 90.5 Å². The van der Waals surface area contributed by atoms with Crippen molar-refractivity contribution in [2.75, 3.05) is 10.6 Å². The first-order valence-electron chi connectivity index (χ1n) is 9.58. The summed E-state index contributed by atoms with van der Waals surface area (Å²) in [5.74, 6) is -0.293. The number of thiol groups is 3. The van der Waals surface area contributed by atoms with E-state index < -0.39 is 0 Å². The third-order valence-corrected chi connectivity index (χ3v) is 5.49. The lowest BCUT2D eigenvalue weighted by molar-refractivity contribution is -0.111. The molecule has 0 aliphatic heterocycles. The fourth-order valence-corrected chi connectivity index (χ4v) is 3.96. The summed E-state index contributed by atoms with van der Waals surface area (Å²) in [7, 11) is 0. The maximum atomic E-state index is 12.9. The zero-order valence-electron chi connectivity index (χ0n) is 16.7. The zero-order valence-corrected chi connectivity index (χ0v) is 19.4. The van der Waals surface area contributed by atoms with Gasteiger partial charge in [-0.05, 0) is 36.4 Å². The molecule has 1 aromatic heterocycles. The van der Waals surface area contributed by atoms with Gasteiger partial charge in [0, 0.05) is 27.9 Å². The van der Waals surface area contributed by atoms with E-state index in [1.54, 1.807) is 16.7 Å². The number of anilines is 2. The number of nitrogens with one attached hydrogen (secondary N) is 2. The molecule has 9 heteroatoms. The zero-order chi connectivity index (χ0) is 22.5. The fourth-order valence-electron chi connectivity index (χ4n) is 3.09. The Morgan fingerprint density at radius 2 is 1.44 bits per heavy atom. The Balaban J connectivity index is 1.62. The molecule has 0 unspecified atom stereocenters. The van der Waals surface area contributed by atoms with E-state index in [1.165, 1.54) is 6.08 Å². The lowest BCUT2D eigenvalue weighted by atomic mass is 10.1. The Kier molecular flexibility index (Phi) is 6.89. The van der Waals surface area contributed by atoms with E-state index in [-0.39, 0.29) is 5.91 Å². The Labute approximate surface area is 202 Å². The highest BCUT2D eigenvalue weighted by Crippen LogP contribution is 2.25. The molecule has 32 heavy (non-hydrogen) atoms. The first-order valence-corrected chi connectivity index (χ1v) is 10.9. The molecule has 3 aromatic carbocycles. The van der Waals surface area contributed by atoms with Gasteiger partial charge in [-0.2, -0.15) is 0 Å². The monoisotopic (exact) mass is 477 g/mol. The van der Waals surface area contributed by atoms with Crippen LogP contribution in [0.5, 0.6) is 0 Å². The van der Waals surface area contributed by atoms with Gasteiger partial charge in [-0.3, -0.25) is 9.36 Å². The molecule has 0 radical (unpaired) electrons. The van der Waals surface area contributed by atoms with Gasteiger partial charge in [-0.1, -0.05) is 42.5 Å². The molecule has 0 bridgehead atoms. The van der Waals surface area contributed by atoms with Crippen LogP contribution < -0.4 is 10.6 Å². The van der Waals surface area contributed by atoms with Gasteiger partial charge in [0.15, 0.2) is 10.3 Å². The van der Waals surface area contributed by atoms with E-state index in [1.807, 2.05) is 66.7 Å². The van der Waals surface area contributed by atoms with Crippen LogP contribution in [0.2, 0.25) is 0 Å². The van der Waals surface area contributed by atoms with Gasteiger partial charge in [0.05, 0.1) is 11.4 Å². The number of para-hydroxylation sites is 1. The van der Waals surface area contributed by atoms with E-state index in [9.17, 15) is 4.79 Å². The van der Waals surface area contributed by atoms with E-state index in [0.29, 0.717) is 21.7 Å². The summed E-state index contributed by atoms with van der Waals surface area (Å²) >= 11 is 13.2. The van der Waals surface area contributed by atoms with E-state index >= 15 is 0 Å². The highest BCUT2D eigenvalue weighted by atomic mass is 32.1. The topological polar surface area (TPSA) is 71.8 Å². The minimum atomic E-state index is -0.293. The van der Waals surface area contributed by atoms with Crippen molar-refractivity contribution in [3.63, 3.8) is 0 Å². The van der Waals surface area contributed by atoms with Crippen molar-refractivity contribution >= 4 is 60.9 Å². The smallest absolute Gasteiger partial charge is 0.250 e. The van der Waals surface area contributed by atoms with Crippen LogP contribution in [0.15, 0.2) is 100 Å². The Bertz CT molecular complexity index is 1270. The van der Waals surface area contributed by atoms with Gasteiger partial charge in [-0.25, -0.2) is 0 Å². The molecule has 0 saturated carbocycles. The van der Waals surface area contributed by atoms with Crippen LogP contribution in [0, 0.1) is 0 Å². The van der Waals surface area contributed by atoms with Crippen LogP contribution in [0.3, 0.4) is 0 Å². The second kappa shape index (κ2) is 9.99. The molecule has 0 atom stereocenters. The van der Waals surface area contributed by atoms with Crippen molar-refractivity contribution in [2.45, 2.75) is 15.2 Å². The lowest BCUT2D eigenvalue weighted by Crippen LogP contribution is -2.12. The number of carbonyl (C=O) groups excluding carboxylic acids is 1. The molecule has 160 valence electrons. The van der Waals surface area contributed by atoms with Crippen LogP contribution in [-0.2, 0) is 4.79 Å². The summed E-state index contributed by atoms with van der Waals surface area (Å²) in [6, 6.07) is 24.5. The molecule has 0 spiro atoms. The van der Waals surface area contributed by atoms with Crippen LogP contribution in [-0.4, -0.2) is 20.7 Å². The van der Waals surface area contributed by atoms with Crippen LogP contribution in [0.4, 0.5) is 11.4 Å². The molecular formula is C23H19N5OS3. The molecule has 0 fully saturated rings. The standard InChI is InChI=1S/C23H19N5OS3/c29-21(25-16-9-6-10-17(13-16)28-22(31)26-27-23(28)32)14-19(18-11-4-5-12-20(18)30)24-15-7-2-1-3-8-15/h1-14,24,30H,(H,25,29)(H,26,31)(H,27,32)/b19-14+. The van der Waals surface area contributed by atoms with Gasteiger partial charge < -0.3 is 10.6 Å². The summed E-state index contributed by atoms with van der Waals surface area (Å²) < 4.78 is 1.66. The predicted octanol–water partition coefficient (Wildman–Crippen LogP) is 5.23. The molecule has 4 aromatic rings. The number of rotatable bonds is 6. The number of benzene rings is 3. The first kappa shape index (κ1) is 22.1. The highest BCUT2D eigenvalue weighted by molar-refractivity contribution is 7.80. The molecule has 6 nitrogen and oxygen atoms in total. The van der Waals surface area contributed by atoms with Gasteiger partial charge in [0.25, 0.3) is 0 Å². The van der Waals surface area contributed by atoms with Crippen LogP contribution in [0.1, 0.15) is 5.56 Å². The fraction of sp³-hybridized carbons (Fsp3) is 0. The normalized spacial score (nSPS) is 11.3. The predicted molar refractivity (Wildman–Crippen MR) is 136 cm³/mol. The van der Waals surface area contributed by atoms with Crippen LogP contribution in [0.25, 0.3) is 11.4 Å². The third-order valence-electron chi connectivity index (χ3n) is 4.52. The molecule has 0 saturated heterocycles. The Morgan fingerprint density at radius 1 is 0.781 bits per heavy atom. The van der Waals surface area contributed by atoms with E-state index in [0.717, 1.165) is 21.8 Å².